The van der Waals surface area contributed by atoms with E-state index in [-0.39, 0.29) is 18.6 Å². The average Bonchev–Trinajstić information content (AvgIpc) is 2.57. The van der Waals surface area contributed by atoms with Gasteiger partial charge in [-0.1, -0.05) is 0 Å². The molecule has 0 spiro atoms. The molecule has 0 bridgehead atoms. The lowest BCUT2D eigenvalue weighted by atomic mass is 10.4. The van der Waals surface area contributed by atoms with Gasteiger partial charge in [0.15, 0.2) is 0 Å². The smallest absolute Gasteiger partial charge is 0.318 e. The maximum atomic E-state index is 9.24. The van der Waals surface area contributed by atoms with E-state index in [2.05, 4.69) is 0 Å². The monoisotopic (exact) mass is 198 g/mol. The number of carbonyl (C=O) groups is 1. The molecule has 1 aliphatic heterocycles. The Bertz CT molecular complexity index is 123. The Kier molecular flexibility index (Phi) is 7.08. The van der Waals surface area contributed by atoms with E-state index in [1.807, 2.05) is 0 Å². The van der Waals surface area contributed by atoms with Gasteiger partial charge in [0.25, 0.3) is 0 Å². The van der Waals surface area contributed by atoms with Crippen molar-refractivity contribution in [3.8, 4) is 0 Å². The summed E-state index contributed by atoms with van der Waals surface area (Å²) in [5, 5.41) is 16.0. The molecule has 1 saturated heterocycles. The number of aliphatic hydroxyl groups excluding tert-OH is 1. The van der Waals surface area contributed by atoms with Gasteiger partial charge < -0.3 is 19.7 Å². The van der Waals surface area contributed by atoms with Gasteiger partial charge in [0, 0.05) is 0 Å². The third-order valence-electron chi connectivity index (χ3n) is 1.01. The summed E-state index contributed by atoms with van der Waals surface area (Å²) >= 11 is 4.74. The summed E-state index contributed by atoms with van der Waals surface area (Å²) in [6.45, 7) is 0.946. The van der Waals surface area contributed by atoms with E-state index in [0.29, 0.717) is 13.4 Å². The number of hydrogen-bond acceptors (Lipinski definition) is 4. The maximum absolute atomic E-state index is 9.24. The Balaban J connectivity index is 0.000000217. The first-order valence-corrected chi connectivity index (χ1v) is 3.82. The first kappa shape index (κ1) is 11.6. The molecule has 1 heterocycles. The minimum atomic E-state index is -0.980. The van der Waals surface area contributed by atoms with Crippen LogP contribution in [0.15, 0.2) is 0 Å². The highest BCUT2D eigenvalue weighted by Crippen LogP contribution is 1.99. The van der Waals surface area contributed by atoms with Gasteiger partial charge in [0.05, 0.1) is 13.2 Å². The second-order valence-corrected chi connectivity index (χ2v) is 2.25. The number of carboxylic acids is 1. The summed E-state index contributed by atoms with van der Waals surface area (Å²) in [7, 11) is 0. The number of aliphatic hydroxyl groups is 1. The minimum absolute atomic E-state index is 0.0694. The van der Waals surface area contributed by atoms with Crippen LogP contribution < -0.4 is 0 Å². The lowest BCUT2D eigenvalue weighted by Gasteiger charge is -1.97. The molecule has 0 saturated carbocycles. The van der Waals surface area contributed by atoms with Crippen molar-refractivity contribution in [1.82, 2.24) is 0 Å². The second kappa shape index (κ2) is 7.30. The lowest BCUT2D eigenvalue weighted by molar-refractivity contribution is -0.134. The van der Waals surface area contributed by atoms with Crippen LogP contribution in [0.1, 0.15) is 0 Å². The maximum Gasteiger partial charge on any atom is 0.318 e. The summed E-state index contributed by atoms with van der Waals surface area (Å²) in [4.78, 5) is 9.24. The Morgan fingerprint density at radius 1 is 1.67 bits per heavy atom. The Morgan fingerprint density at radius 3 is 2.42 bits per heavy atom. The highest BCUT2D eigenvalue weighted by Gasteiger charge is 2.13. The minimum Gasteiger partial charge on any atom is -0.480 e. The molecule has 1 rings (SSSR count). The predicted molar refractivity (Wildman–Crippen MR) is 41.1 cm³/mol. The van der Waals surface area contributed by atoms with Crippen LogP contribution in [0.25, 0.3) is 0 Å². The molecule has 1 aliphatic rings. The van der Waals surface area contributed by atoms with E-state index in [1.165, 1.54) is 0 Å². The van der Waals surface area contributed by atoms with E-state index >= 15 is 0 Å². The molecule has 0 aliphatic carbocycles. The SMILES string of the molecule is O=C(O)CCl.OCC1COCO1. The molecule has 0 aromatic carbocycles. The van der Waals surface area contributed by atoms with Crippen LogP contribution in [-0.4, -0.2) is 48.2 Å². The largest absolute Gasteiger partial charge is 0.480 e. The molecule has 0 aromatic heterocycles. The summed E-state index contributed by atoms with van der Waals surface area (Å²) in [6, 6.07) is 0. The zero-order chi connectivity index (χ0) is 9.40. The second-order valence-electron chi connectivity index (χ2n) is 1.99. The summed E-state index contributed by atoms with van der Waals surface area (Å²) in [5.74, 6) is -1.29. The molecule has 12 heavy (non-hydrogen) atoms. The van der Waals surface area contributed by atoms with E-state index in [4.69, 9.17) is 31.3 Å². The molecule has 6 heteroatoms. The van der Waals surface area contributed by atoms with Crippen LogP contribution in [-0.2, 0) is 14.3 Å². The topological polar surface area (TPSA) is 76.0 Å². The first-order chi connectivity index (χ1) is 5.70. The van der Waals surface area contributed by atoms with Crippen molar-refractivity contribution in [3.63, 3.8) is 0 Å². The number of carboxylic acid groups (broad SMARTS) is 1. The van der Waals surface area contributed by atoms with Crippen LogP contribution >= 0.6 is 11.6 Å². The average molecular weight is 199 g/mol. The van der Waals surface area contributed by atoms with Crippen LogP contribution in [0.2, 0.25) is 0 Å². The van der Waals surface area contributed by atoms with E-state index < -0.39 is 5.97 Å². The van der Waals surface area contributed by atoms with Crippen LogP contribution in [0, 0.1) is 0 Å². The van der Waals surface area contributed by atoms with Crippen molar-refractivity contribution in [1.29, 1.82) is 0 Å². The van der Waals surface area contributed by atoms with Gasteiger partial charge in [-0.3, -0.25) is 4.79 Å². The van der Waals surface area contributed by atoms with Crippen LogP contribution in [0.4, 0.5) is 0 Å². The van der Waals surface area contributed by atoms with Gasteiger partial charge in [0.2, 0.25) is 0 Å². The van der Waals surface area contributed by atoms with Gasteiger partial charge in [-0.25, -0.2) is 0 Å². The fourth-order valence-corrected chi connectivity index (χ4v) is 0.477. The van der Waals surface area contributed by atoms with Gasteiger partial charge in [0.1, 0.15) is 18.8 Å². The van der Waals surface area contributed by atoms with Crippen molar-refractivity contribution >= 4 is 17.6 Å². The van der Waals surface area contributed by atoms with Crippen molar-refractivity contribution in [3.05, 3.63) is 0 Å². The summed E-state index contributed by atoms with van der Waals surface area (Å²) in [6.07, 6.45) is -0.0694. The first-order valence-electron chi connectivity index (χ1n) is 3.28. The van der Waals surface area contributed by atoms with E-state index in [1.54, 1.807) is 0 Å². The third-order valence-corrected chi connectivity index (χ3v) is 1.24. The molecule has 2 N–H and O–H groups in total. The van der Waals surface area contributed by atoms with E-state index in [0.717, 1.165) is 0 Å². The number of aliphatic carboxylic acids is 1. The molecule has 72 valence electrons. The third kappa shape index (κ3) is 6.36. The van der Waals surface area contributed by atoms with Gasteiger partial charge in [-0.15, -0.1) is 11.6 Å². The molecule has 0 aromatic rings. The highest BCUT2D eigenvalue weighted by atomic mass is 35.5. The van der Waals surface area contributed by atoms with Crippen LogP contribution in [0.5, 0.6) is 0 Å². The number of hydrogen-bond donors (Lipinski definition) is 2. The molecular weight excluding hydrogens is 188 g/mol. The Labute approximate surface area is 74.8 Å². The van der Waals surface area contributed by atoms with Crippen molar-refractivity contribution in [2.24, 2.45) is 0 Å². The fraction of sp³-hybridized carbons (Fsp3) is 0.833. The number of halogens is 1. The number of rotatable bonds is 2. The molecule has 5 nitrogen and oxygen atoms in total. The molecule has 0 amide bonds. The van der Waals surface area contributed by atoms with Gasteiger partial charge >= 0.3 is 5.97 Å². The van der Waals surface area contributed by atoms with Crippen LogP contribution in [0.3, 0.4) is 0 Å². The molecule has 1 fully saturated rings. The zero-order valence-electron chi connectivity index (χ0n) is 6.40. The zero-order valence-corrected chi connectivity index (χ0v) is 7.16. The quantitative estimate of drug-likeness (QED) is 0.594. The van der Waals surface area contributed by atoms with Gasteiger partial charge in [-0.05, 0) is 0 Å². The van der Waals surface area contributed by atoms with E-state index in [9.17, 15) is 4.79 Å². The Morgan fingerprint density at radius 2 is 2.25 bits per heavy atom. The molecule has 0 radical (unpaired) electrons. The summed E-state index contributed by atoms with van der Waals surface area (Å²) < 4.78 is 9.60. The molecule has 1 unspecified atom stereocenters. The van der Waals surface area contributed by atoms with Crippen molar-refractivity contribution in [2.45, 2.75) is 6.10 Å². The fourth-order valence-electron chi connectivity index (χ4n) is 0.477. The van der Waals surface area contributed by atoms with Crippen molar-refractivity contribution in [2.75, 3.05) is 25.9 Å². The normalized spacial score (nSPS) is 21.3. The number of ether oxygens (including phenoxy) is 2. The van der Waals surface area contributed by atoms with Crippen molar-refractivity contribution < 1.29 is 24.5 Å². The molecule has 1 atom stereocenters. The summed E-state index contributed by atoms with van der Waals surface area (Å²) in [5.41, 5.74) is 0. The van der Waals surface area contributed by atoms with Gasteiger partial charge in [-0.2, -0.15) is 0 Å². The molecular formula is C6H11ClO5. The number of alkyl halides is 1. The lowest BCUT2D eigenvalue weighted by Crippen LogP contribution is -2.13. The predicted octanol–water partition coefficient (Wildman–Crippen LogP) is -0.339. The highest BCUT2D eigenvalue weighted by molar-refractivity contribution is 6.26. The Hall–Kier alpha value is -0.360. The standard InChI is InChI=1S/C4H8O3.C2H3ClO2/c5-1-4-2-6-3-7-4;3-1-2(4)5/h4-5H,1-3H2;1H2,(H,4,5).